The molecule has 1 aromatic rings. The number of amides is 1. The average molecular weight is 410 g/mol. The summed E-state index contributed by atoms with van der Waals surface area (Å²) in [5.41, 5.74) is 0.321. The van der Waals surface area contributed by atoms with Gasteiger partial charge in [0.1, 0.15) is 5.76 Å². The van der Waals surface area contributed by atoms with Crippen molar-refractivity contribution in [3.8, 4) is 0 Å². The van der Waals surface area contributed by atoms with Gasteiger partial charge in [0.25, 0.3) is 5.91 Å². The van der Waals surface area contributed by atoms with Crippen molar-refractivity contribution in [1.82, 2.24) is 14.8 Å². The van der Waals surface area contributed by atoms with Crippen LogP contribution in [-0.2, 0) is 10.0 Å². The van der Waals surface area contributed by atoms with E-state index in [4.69, 9.17) is 4.52 Å². The first-order valence-electron chi connectivity index (χ1n) is 10.7. The predicted molar refractivity (Wildman–Crippen MR) is 105 cm³/mol. The van der Waals surface area contributed by atoms with Gasteiger partial charge in [-0.2, -0.15) is 4.31 Å². The van der Waals surface area contributed by atoms with Crippen LogP contribution in [0.4, 0.5) is 0 Å². The molecule has 156 valence electrons. The number of hydrogen-bond donors (Lipinski definition) is 1. The molecule has 1 amide bonds. The van der Waals surface area contributed by atoms with E-state index in [0.717, 1.165) is 44.3 Å². The number of carbonyl (C=O) groups is 1. The highest BCUT2D eigenvalue weighted by molar-refractivity contribution is 7.89. The zero-order chi connectivity index (χ0) is 19.9. The third-order valence-electron chi connectivity index (χ3n) is 6.71. The largest absolute Gasteiger partial charge is 0.360 e. The van der Waals surface area contributed by atoms with Gasteiger partial charge >= 0.3 is 0 Å². The molecule has 28 heavy (non-hydrogen) atoms. The Labute approximate surface area is 167 Å². The Balaban J connectivity index is 1.33. The van der Waals surface area contributed by atoms with Crippen molar-refractivity contribution >= 4 is 15.9 Å². The molecule has 0 radical (unpaired) electrons. The monoisotopic (exact) mass is 409 g/mol. The molecule has 1 N–H and O–H groups in total. The molecule has 2 heterocycles. The number of nitrogens with zero attached hydrogens (tertiary/aromatic N) is 2. The van der Waals surface area contributed by atoms with Crippen molar-refractivity contribution in [3.63, 3.8) is 0 Å². The zero-order valence-electron chi connectivity index (χ0n) is 16.8. The van der Waals surface area contributed by atoms with Crippen molar-refractivity contribution in [2.24, 2.45) is 5.92 Å². The molecule has 3 fully saturated rings. The summed E-state index contributed by atoms with van der Waals surface area (Å²) in [5.74, 6) is 1.52. The van der Waals surface area contributed by atoms with Crippen LogP contribution in [0.2, 0.25) is 0 Å². The lowest BCUT2D eigenvalue weighted by Gasteiger charge is -2.38. The summed E-state index contributed by atoms with van der Waals surface area (Å²) in [5, 5.41) is 6.67. The fraction of sp³-hybridized carbons (Fsp3) is 0.800. The summed E-state index contributed by atoms with van der Waals surface area (Å²) in [6, 6.07) is 1.59. The van der Waals surface area contributed by atoms with Crippen LogP contribution in [0.5, 0.6) is 0 Å². The maximum atomic E-state index is 13.1. The molecule has 2 aliphatic carbocycles. The number of carbonyl (C=O) groups excluding carboxylic acids is 1. The van der Waals surface area contributed by atoms with Crippen molar-refractivity contribution in [2.75, 3.05) is 6.54 Å². The number of sulfonamides is 1. The van der Waals surface area contributed by atoms with E-state index in [1.165, 1.54) is 0 Å². The molecule has 1 aliphatic heterocycles. The second-order valence-electron chi connectivity index (χ2n) is 8.80. The quantitative estimate of drug-likeness (QED) is 0.779. The molecular formula is C20H31N3O4S. The van der Waals surface area contributed by atoms with Crippen molar-refractivity contribution in [3.05, 3.63) is 17.5 Å². The van der Waals surface area contributed by atoms with Gasteiger partial charge in [-0.3, -0.25) is 4.79 Å². The molecule has 4 rings (SSSR count). The van der Waals surface area contributed by atoms with Crippen LogP contribution in [0, 0.1) is 5.92 Å². The van der Waals surface area contributed by atoms with Crippen LogP contribution in [0.1, 0.15) is 87.4 Å². The molecule has 0 bridgehead atoms. The molecule has 8 heteroatoms. The smallest absolute Gasteiger partial charge is 0.273 e. The van der Waals surface area contributed by atoms with E-state index >= 15 is 0 Å². The summed E-state index contributed by atoms with van der Waals surface area (Å²) in [6.07, 6.45) is 7.09. The zero-order valence-corrected chi connectivity index (χ0v) is 17.6. The van der Waals surface area contributed by atoms with Crippen LogP contribution >= 0.6 is 0 Å². The van der Waals surface area contributed by atoms with E-state index in [1.807, 2.05) is 6.92 Å². The van der Waals surface area contributed by atoms with E-state index < -0.39 is 10.0 Å². The Morgan fingerprint density at radius 3 is 2.68 bits per heavy atom. The number of piperidine rings is 1. The van der Waals surface area contributed by atoms with Crippen LogP contribution in [0.15, 0.2) is 10.6 Å². The lowest BCUT2D eigenvalue weighted by molar-refractivity contribution is 0.0905. The van der Waals surface area contributed by atoms with Gasteiger partial charge in [-0.25, -0.2) is 8.42 Å². The summed E-state index contributed by atoms with van der Waals surface area (Å²) in [7, 11) is -3.26. The van der Waals surface area contributed by atoms with E-state index in [-0.39, 0.29) is 23.2 Å². The van der Waals surface area contributed by atoms with Gasteiger partial charge in [0, 0.05) is 30.6 Å². The van der Waals surface area contributed by atoms with Gasteiger partial charge in [-0.1, -0.05) is 18.5 Å². The first kappa shape index (κ1) is 19.9. The molecular weight excluding hydrogens is 378 g/mol. The fourth-order valence-electron chi connectivity index (χ4n) is 4.74. The second-order valence-corrected chi connectivity index (χ2v) is 11.0. The molecule has 1 aromatic heterocycles. The van der Waals surface area contributed by atoms with Crippen LogP contribution in [0.3, 0.4) is 0 Å². The lowest BCUT2D eigenvalue weighted by atomic mass is 10.0. The van der Waals surface area contributed by atoms with Crippen LogP contribution < -0.4 is 5.32 Å². The predicted octanol–water partition coefficient (Wildman–Crippen LogP) is 3.04. The summed E-state index contributed by atoms with van der Waals surface area (Å²) in [6.45, 7) is 4.55. The lowest BCUT2D eigenvalue weighted by Crippen LogP contribution is -2.52. The van der Waals surface area contributed by atoms with Crippen molar-refractivity contribution in [1.29, 1.82) is 0 Å². The summed E-state index contributed by atoms with van der Waals surface area (Å²) in [4.78, 5) is 12.5. The van der Waals surface area contributed by atoms with Gasteiger partial charge in [-0.15, -0.1) is 0 Å². The van der Waals surface area contributed by atoms with Crippen molar-refractivity contribution in [2.45, 2.75) is 88.5 Å². The van der Waals surface area contributed by atoms with Gasteiger partial charge in [-0.05, 0) is 57.8 Å². The topological polar surface area (TPSA) is 92.5 Å². The van der Waals surface area contributed by atoms with Gasteiger partial charge in [0.05, 0.1) is 5.25 Å². The van der Waals surface area contributed by atoms with E-state index in [1.54, 1.807) is 10.4 Å². The highest BCUT2D eigenvalue weighted by atomic mass is 32.2. The summed E-state index contributed by atoms with van der Waals surface area (Å²) >= 11 is 0. The Kier molecular flexibility index (Phi) is 5.53. The average Bonchev–Trinajstić information content (AvgIpc) is 3.20. The molecule has 3 aliphatic rings. The maximum absolute atomic E-state index is 13.1. The van der Waals surface area contributed by atoms with Crippen molar-refractivity contribution < 1.29 is 17.7 Å². The minimum atomic E-state index is -3.26. The van der Waals surface area contributed by atoms with Crippen LogP contribution in [0.25, 0.3) is 0 Å². The molecule has 0 spiro atoms. The van der Waals surface area contributed by atoms with Crippen LogP contribution in [-0.4, -0.2) is 47.7 Å². The third kappa shape index (κ3) is 3.99. The van der Waals surface area contributed by atoms with E-state index in [2.05, 4.69) is 17.4 Å². The van der Waals surface area contributed by atoms with E-state index in [9.17, 15) is 13.2 Å². The molecule has 1 saturated heterocycles. The van der Waals surface area contributed by atoms with Gasteiger partial charge < -0.3 is 9.84 Å². The molecule has 0 aromatic carbocycles. The Bertz CT molecular complexity index is 817. The SMILES string of the molecule is CCC1CCC(S(=O)(=O)N2CC[C@H](NC(=O)c3cc(C4CC4)on3)C[C@@H]2C)C1. The fourth-order valence-corrected chi connectivity index (χ4v) is 7.02. The van der Waals surface area contributed by atoms with Gasteiger partial charge in [0.2, 0.25) is 10.0 Å². The maximum Gasteiger partial charge on any atom is 0.273 e. The minimum absolute atomic E-state index is 0.0398. The van der Waals surface area contributed by atoms with E-state index in [0.29, 0.717) is 36.9 Å². The highest BCUT2D eigenvalue weighted by Crippen LogP contribution is 2.40. The number of nitrogens with one attached hydrogen (secondary N) is 1. The first-order valence-corrected chi connectivity index (χ1v) is 12.2. The molecule has 4 atom stereocenters. The Morgan fingerprint density at radius 1 is 1.25 bits per heavy atom. The Morgan fingerprint density at radius 2 is 2.04 bits per heavy atom. The first-order chi connectivity index (χ1) is 13.4. The summed E-state index contributed by atoms with van der Waals surface area (Å²) < 4.78 is 33.1. The third-order valence-corrected chi connectivity index (χ3v) is 9.18. The normalized spacial score (nSPS) is 31.8. The number of rotatable bonds is 6. The molecule has 2 unspecified atom stereocenters. The highest BCUT2D eigenvalue weighted by Gasteiger charge is 2.41. The van der Waals surface area contributed by atoms with Gasteiger partial charge in [0.15, 0.2) is 5.69 Å². The standard InChI is InChI=1S/C20H31N3O4S/c1-3-14-4-7-17(11-14)28(25,26)23-9-8-16(10-13(23)2)21-20(24)18-12-19(27-22-18)15-5-6-15/h12-17H,3-11H2,1-2H3,(H,21,24)/t13-,14?,16-,17?/m0/s1. The molecule has 2 saturated carbocycles. The second kappa shape index (κ2) is 7.78. The Hall–Kier alpha value is -1.41. The number of hydrogen-bond acceptors (Lipinski definition) is 5. The molecule has 7 nitrogen and oxygen atoms in total. The minimum Gasteiger partial charge on any atom is -0.360 e. The number of aromatic nitrogens is 1.